The molecule has 0 unspecified atom stereocenters. The molecule has 3 fully saturated rings. The summed E-state index contributed by atoms with van der Waals surface area (Å²) in [4.78, 5) is 9.08. The van der Waals surface area contributed by atoms with Crippen LogP contribution in [0.1, 0.15) is 12.8 Å². The summed E-state index contributed by atoms with van der Waals surface area (Å²) in [5.74, 6) is 2.93. The zero-order valence-corrected chi connectivity index (χ0v) is 16.0. The Morgan fingerprint density at radius 3 is 2.69 bits per heavy atom. The van der Waals surface area contributed by atoms with Crippen LogP contribution >= 0.6 is 0 Å². The van der Waals surface area contributed by atoms with Crippen molar-refractivity contribution in [2.75, 3.05) is 31.9 Å². The number of nitrogens with one attached hydrogen (secondary N) is 2. The third-order valence-electron chi connectivity index (χ3n) is 6.06. The molecule has 0 bridgehead atoms. The van der Waals surface area contributed by atoms with E-state index in [0.29, 0.717) is 19.2 Å². The maximum absolute atomic E-state index is 6.06. The molecule has 0 radical (unpaired) electrons. The molecule has 2 saturated heterocycles. The van der Waals surface area contributed by atoms with Crippen LogP contribution in [0.15, 0.2) is 30.5 Å². The van der Waals surface area contributed by atoms with Crippen LogP contribution in [0, 0.1) is 5.92 Å². The van der Waals surface area contributed by atoms with Crippen molar-refractivity contribution in [3.63, 3.8) is 0 Å². The summed E-state index contributed by atoms with van der Waals surface area (Å²) in [6, 6.07) is 8.03. The van der Waals surface area contributed by atoms with Gasteiger partial charge in [-0.05, 0) is 49.6 Å². The van der Waals surface area contributed by atoms with Crippen molar-refractivity contribution in [1.29, 1.82) is 0 Å². The SMILES string of the molecule is c1cc(-c2ccc3c(c2)OCO3)nc(N[C@H]2CO[C@H]3[C@@H]2OC[C@@H]3NCC2CC2)n1. The van der Waals surface area contributed by atoms with Gasteiger partial charge in [0.25, 0.3) is 0 Å². The highest BCUT2D eigenvalue weighted by Crippen LogP contribution is 2.36. The average Bonchev–Trinajstić information content (AvgIpc) is 3.13. The number of nitrogens with zero attached hydrogens (tertiary/aromatic N) is 2. The first kappa shape index (κ1) is 17.4. The summed E-state index contributed by atoms with van der Waals surface area (Å²) >= 11 is 0. The van der Waals surface area contributed by atoms with Gasteiger partial charge in [-0.1, -0.05) is 0 Å². The van der Waals surface area contributed by atoms with Gasteiger partial charge in [-0.15, -0.1) is 0 Å². The minimum absolute atomic E-state index is 0.0181. The topological polar surface area (TPSA) is 86.8 Å². The lowest BCUT2D eigenvalue weighted by molar-refractivity contribution is 0.0675. The Bertz CT molecular complexity index is 906. The van der Waals surface area contributed by atoms with Crippen molar-refractivity contribution in [1.82, 2.24) is 15.3 Å². The van der Waals surface area contributed by atoms with Gasteiger partial charge < -0.3 is 29.6 Å². The highest BCUT2D eigenvalue weighted by Gasteiger charge is 2.48. The molecule has 6 rings (SSSR count). The highest BCUT2D eigenvalue weighted by atomic mass is 16.7. The second-order valence-electron chi connectivity index (χ2n) is 8.14. The van der Waals surface area contributed by atoms with Gasteiger partial charge >= 0.3 is 0 Å². The van der Waals surface area contributed by atoms with Crippen molar-refractivity contribution in [3.05, 3.63) is 30.5 Å². The molecule has 1 aromatic carbocycles. The van der Waals surface area contributed by atoms with Crippen LogP contribution in [-0.2, 0) is 9.47 Å². The minimum Gasteiger partial charge on any atom is -0.454 e. The van der Waals surface area contributed by atoms with Crippen LogP contribution in [0.3, 0.4) is 0 Å². The van der Waals surface area contributed by atoms with Crippen molar-refractivity contribution in [3.8, 4) is 22.8 Å². The lowest BCUT2D eigenvalue weighted by atomic mass is 10.1. The summed E-state index contributed by atoms with van der Waals surface area (Å²) in [5, 5.41) is 7.04. The average molecular weight is 396 g/mol. The van der Waals surface area contributed by atoms with Crippen molar-refractivity contribution in [2.24, 2.45) is 5.92 Å². The molecule has 2 N–H and O–H groups in total. The molecule has 8 nitrogen and oxygen atoms in total. The largest absolute Gasteiger partial charge is 0.454 e. The number of hydrogen-bond acceptors (Lipinski definition) is 8. The van der Waals surface area contributed by atoms with E-state index >= 15 is 0 Å². The van der Waals surface area contributed by atoms with E-state index in [0.717, 1.165) is 35.2 Å². The fourth-order valence-corrected chi connectivity index (χ4v) is 4.25. The molecule has 4 heterocycles. The Labute approximate surface area is 168 Å². The Morgan fingerprint density at radius 2 is 1.79 bits per heavy atom. The number of hydrogen-bond donors (Lipinski definition) is 2. The lowest BCUT2D eigenvalue weighted by Crippen LogP contribution is -2.42. The predicted molar refractivity (Wildman–Crippen MR) is 105 cm³/mol. The van der Waals surface area contributed by atoms with E-state index in [4.69, 9.17) is 18.9 Å². The fraction of sp³-hybridized carbons (Fsp3) is 0.524. The summed E-state index contributed by atoms with van der Waals surface area (Å²) in [5.41, 5.74) is 1.79. The Hall–Kier alpha value is -2.42. The van der Waals surface area contributed by atoms with Crippen LogP contribution in [-0.4, -0.2) is 60.8 Å². The maximum atomic E-state index is 6.06. The first-order valence-corrected chi connectivity index (χ1v) is 10.3. The van der Waals surface area contributed by atoms with Gasteiger partial charge in [0.2, 0.25) is 12.7 Å². The van der Waals surface area contributed by atoms with Gasteiger partial charge in [-0.2, -0.15) is 0 Å². The van der Waals surface area contributed by atoms with Gasteiger partial charge in [0.1, 0.15) is 12.2 Å². The second kappa shape index (κ2) is 7.12. The molecular weight excluding hydrogens is 372 g/mol. The molecule has 8 heteroatoms. The van der Waals surface area contributed by atoms with Crippen molar-refractivity contribution >= 4 is 5.95 Å². The number of anilines is 1. The molecule has 29 heavy (non-hydrogen) atoms. The monoisotopic (exact) mass is 396 g/mol. The van der Waals surface area contributed by atoms with Gasteiger partial charge in [-0.25, -0.2) is 9.97 Å². The molecule has 1 aliphatic carbocycles. The van der Waals surface area contributed by atoms with Crippen LogP contribution in [0.2, 0.25) is 0 Å². The number of fused-ring (bicyclic) bond motifs is 2. The Balaban J connectivity index is 1.14. The van der Waals surface area contributed by atoms with Crippen molar-refractivity contribution in [2.45, 2.75) is 37.1 Å². The molecule has 1 saturated carbocycles. The molecule has 1 aromatic heterocycles. The molecule has 0 amide bonds. The molecular formula is C21H24N4O4. The van der Waals surface area contributed by atoms with E-state index in [1.54, 1.807) is 6.20 Å². The molecule has 2 aromatic rings. The van der Waals surface area contributed by atoms with Crippen molar-refractivity contribution < 1.29 is 18.9 Å². The summed E-state index contributed by atoms with van der Waals surface area (Å²) in [6.07, 6.45) is 4.55. The smallest absolute Gasteiger partial charge is 0.231 e. The van der Waals surface area contributed by atoms with Gasteiger partial charge in [0.15, 0.2) is 11.5 Å². The van der Waals surface area contributed by atoms with E-state index < -0.39 is 0 Å². The molecule has 152 valence electrons. The van der Waals surface area contributed by atoms with E-state index in [9.17, 15) is 0 Å². The Kier molecular flexibility index (Phi) is 4.28. The molecule has 4 aliphatic rings. The van der Waals surface area contributed by atoms with Gasteiger partial charge in [0.05, 0.1) is 31.0 Å². The third-order valence-corrected chi connectivity index (χ3v) is 6.06. The Morgan fingerprint density at radius 1 is 0.966 bits per heavy atom. The van der Waals surface area contributed by atoms with Crippen LogP contribution in [0.25, 0.3) is 11.3 Å². The first-order chi connectivity index (χ1) is 14.3. The van der Waals surface area contributed by atoms with E-state index in [1.165, 1.54) is 12.8 Å². The first-order valence-electron chi connectivity index (χ1n) is 10.3. The lowest BCUT2D eigenvalue weighted by Gasteiger charge is -2.18. The van der Waals surface area contributed by atoms with Crippen LogP contribution < -0.4 is 20.1 Å². The summed E-state index contributed by atoms with van der Waals surface area (Å²) in [7, 11) is 0. The van der Waals surface area contributed by atoms with E-state index in [1.807, 2.05) is 24.3 Å². The maximum Gasteiger partial charge on any atom is 0.231 e. The predicted octanol–water partition coefficient (Wildman–Crippen LogP) is 1.82. The van der Waals surface area contributed by atoms with E-state index in [2.05, 4.69) is 20.6 Å². The standard InChI is InChI=1S/C21H24N4O4/c1-2-12(1)8-23-15-9-26-20-16(10-27-19(15)20)25-21-22-6-5-14(24-21)13-3-4-17-18(7-13)29-11-28-17/h3-7,12,15-16,19-20,23H,1-2,8-11H2,(H,22,24,25)/t15-,16-,19+,20+/m0/s1. The molecule has 0 spiro atoms. The second-order valence-corrected chi connectivity index (χ2v) is 8.14. The van der Waals surface area contributed by atoms with E-state index in [-0.39, 0.29) is 31.1 Å². The highest BCUT2D eigenvalue weighted by molar-refractivity contribution is 5.65. The number of aromatic nitrogens is 2. The minimum atomic E-state index is 0.0181. The quantitative estimate of drug-likeness (QED) is 0.765. The zero-order valence-electron chi connectivity index (χ0n) is 16.0. The molecule has 3 aliphatic heterocycles. The summed E-state index contributed by atoms with van der Waals surface area (Å²) < 4.78 is 23.0. The van der Waals surface area contributed by atoms with Crippen LogP contribution in [0.5, 0.6) is 11.5 Å². The number of rotatable bonds is 6. The third kappa shape index (κ3) is 3.41. The van der Waals surface area contributed by atoms with Gasteiger partial charge in [0, 0.05) is 11.8 Å². The molecule has 4 atom stereocenters. The zero-order chi connectivity index (χ0) is 19.2. The number of benzene rings is 1. The normalized spacial score (nSPS) is 29.8. The fourth-order valence-electron chi connectivity index (χ4n) is 4.25. The van der Waals surface area contributed by atoms with Crippen LogP contribution in [0.4, 0.5) is 5.95 Å². The van der Waals surface area contributed by atoms with Gasteiger partial charge in [-0.3, -0.25) is 0 Å². The number of ether oxygens (including phenoxy) is 4. The summed E-state index contributed by atoms with van der Waals surface area (Å²) in [6.45, 7) is 2.61.